The van der Waals surface area contributed by atoms with Gasteiger partial charge in [0.15, 0.2) is 0 Å². The Labute approximate surface area is 131 Å². The lowest BCUT2D eigenvalue weighted by Crippen LogP contribution is -2.89. The van der Waals surface area contributed by atoms with Gasteiger partial charge < -0.3 is 15.0 Å². The third-order valence-corrected chi connectivity index (χ3v) is 5.04. The number of thioether (sulfide) groups is 1. The number of para-hydroxylation sites is 1. The average Bonchev–Trinajstić information content (AvgIpc) is 2.75. The van der Waals surface area contributed by atoms with Crippen molar-refractivity contribution in [2.24, 2.45) is 0 Å². The van der Waals surface area contributed by atoms with Crippen LogP contribution in [0.3, 0.4) is 0 Å². The standard InChI is InChI=1S/C16H24N2O2S/c1-11(2)17-9-10-18-15(19)12(3)21-16(18)13-7-5-6-8-14(13)20-4/h5-8,11-12,16-17H,9-10H2,1-4H3/p+1/t12-,16+/m0/s1. The van der Waals surface area contributed by atoms with Crippen LogP contribution < -0.4 is 10.1 Å². The number of benzene rings is 1. The number of hydrogen-bond acceptors (Lipinski definition) is 3. The summed E-state index contributed by atoms with van der Waals surface area (Å²) in [6.45, 7) is 8.03. The van der Waals surface area contributed by atoms with Gasteiger partial charge in [0.1, 0.15) is 11.1 Å². The van der Waals surface area contributed by atoms with Crippen LogP contribution in [0.15, 0.2) is 24.3 Å². The lowest BCUT2D eigenvalue weighted by Gasteiger charge is -2.25. The Bertz CT molecular complexity index is 493. The Kier molecular flexibility index (Phi) is 5.53. The van der Waals surface area contributed by atoms with E-state index in [1.165, 1.54) is 0 Å². The molecule has 2 rings (SSSR count). The molecule has 1 fully saturated rings. The highest BCUT2D eigenvalue weighted by Gasteiger charge is 2.39. The number of carbonyl (C=O) groups is 1. The summed E-state index contributed by atoms with van der Waals surface area (Å²) in [5.74, 6) is 1.09. The van der Waals surface area contributed by atoms with Crippen LogP contribution in [0.4, 0.5) is 0 Å². The van der Waals surface area contributed by atoms with Gasteiger partial charge in [0.2, 0.25) is 5.91 Å². The molecule has 1 aliphatic rings. The van der Waals surface area contributed by atoms with Crippen molar-refractivity contribution in [3.63, 3.8) is 0 Å². The molecule has 0 radical (unpaired) electrons. The van der Waals surface area contributed by atoms with Gasteiger partial charge in [-0.15, -0.1) is 11.8 Å². The zero-order valence-corrected chi connectivity index (χ0v) is 14.0. The molecule has 1 heterocycles. The summed E-state index contributed by atoms with van der Waals surface area (Å²) in [7, 11) is 1.68. The van der Waals surface area contributed by atoms with Gasteiger partial charge >= 0.3 is 0 Å². The number of rotatable bonds is 6. The fourth-order valence-electron chi connectivity index (χ4n) is 2.56. The highest BCUT2D eigenvalue weighted by molar-refractivity contribution is 8.01. The van der Waals surface area contributed by atoms with Gasteiger partial charge in [0.25, 0.3) is 0 Å². The lowest BCUT2D eigenvalue weighted by atomic mass is 10.1. The number of nitrogens with two attached hydrogens (primary N) is 1. The predicted octanol–water partition coefficient (Wildman–Crippen LogP) is 1.63. The summed E-state index contributed by atoms with van der Waals surface area (Å²) in [6, 6.07) is 8.54. The largest absolute Gasteiger partial charge is 0.496 e. The molecule has 1 aromatic rings. The second-order valence-corrected chi connectivity index (χ2v) is 7.10. The van der Waals surface area contributed by atoms with Crippen molar-refractivity contribution < 1.29 is 14.8 Å². The van der Waals surface area contributed by atoms with Gasteiger partial charge in [-0.05, 0) is 26.8 Å². The van der Waals surface area contributed by atoms with Crippen LogP contribution in [0.25, 0.3) is 0 Å². The first-order chi connectivity index (χ1) is 10.0. The molecule has 1 aliphatic heterocycles. The number of hydrogen-bond donors (Lipinski definition) is 1. The van der Waals surface area contributed by atoms with Gasteiger partial charge in [-0.3, -0.25) is 4.79 Å². The Balaban J connectivity index is 2.17. The van der Waals surface area contributed by atoms with E-state index in [9.17, 15) is 4.79 Å². The maximum atomic E-state index is 12.4. The van der Waals surface area contributed by atoms with E-state index in [1.54, 1.807) is 18.9 Å². The summed E-state index contributed by atoms with van der Waals surface area (Å²) in [6.07, 6.45) is 0. The number of methoxy groups -OCH3 is 1. The van der Waals surface area contributed by atoms with Crippen LogP contribution in [-0.4, -0.2) is 42.3 Å². The van der Waals surface area contributed by atoms with Crippen molar-refractivity contribution >= 4 is 17.7 Å². The van der Waals surface area contributed by atoms with Crippen LogP contribution in [0.5, 0.6) is 5.75 Å². The molecule has 0 spiro atoms. The lowest BCUT2D eigenvalue weighted by molar-refractivity contribution is -0.682. The average molecular weight is 309 g/mol. The van der Waals surface area contributed by atoms with Crippen molar-refractivity contribution in [1.82, 2.24) is 4.90 Å². The van der Waals surface area contributed by atoms with Crippen LogP contribution in [0.2, 0.25) is 0 Å². The zero-order valence-electron chi connectivity index (χ0n) is 13.2. The van der Waals surface area contributed by atoms with E-state index in [4.69, 9.17) is 4.74 Å². The molecule has 2 N–H and O–H groups in total. The Morgan fingerprint density at radius 2 is 2.10 bits per heavy atom. The number of amides is 1. The predicted molar refractivity (Wildman–Crippen MR) is 86.4 cm³/mol. The fourth-order valence-corrected chi connectivity index (χ4v) is 3.90. The zero-order chi connectivity index (χ0) is 15.4. The molecule has 21 heavy (non-hydrogen) atoms. The Hall–Kier alpha value is -1.20. The van der Waals surface area contributed by atoms with Crippen molar-refractivity contribution in [2.45, 2.75) is 37.4 Å². The number of ether oxygens (including phenoxy) is 1. The number of carbonyl (C=O) groups excluding carboxylic acids is 1. The van der Waals surface area contributed by atoms with Gasteiger partial charge in [0.05, 0.1) is 31.5 Å². The molecule has 5 heteroatoms. The second kappa shape index (κ2) is 7.18. The molecular weight excluding hydrogens is 284 g/mol. The minimum absolute atomic E-state index is 0.0129. The van der Waals surface area contributed by atoms with E-state index in [1.807, 2.05) is 30.0 Å². The van der Waals surface area contributed by atoms with Crippen molar-refractivity contribution in [3.8, 4) is 5.75 Å². The monoisotopic (exact) mass is 309 g/mol. The smallest absolute Gasteiger partial charge is 0.236 e. The Morgan fingerprint density at radius 3 is 2.76 bits per heavy atom. The third-order valence-electron chi connectivity index (χ3n) is 3.66. The molecule has 0 aromatic heterocycles. The number of nitrogens with zero attached hydrogens (tertiary/aromatic N) is 1. The van der Waals surface area contributed by atoms with E-state index < -0.39 is 0 Å². The molecular formula is C16H25N2O2S+. The van der Waals surface area contributed by atoms with E-state index in [2.05, 4.69) is 25.2 Å². The highest BCUT2D eigenvalue weighted by Crippen LogP contribution is 2.45. The highest BCUT2D eigenvalue weighted by atomic mass is 32.2. The first-order valence-corrected chi connectivity index (χ1v) is 8.41. The first-order valence-electron chi connectivity index (χ1n) is 7.46. The summed E-state index contributed by atoms with van der Waals surface area (Å²) in [5.41, 5.74) is 1.09. The SMILES string of the molecule is COc1ccccc1[C@H]1S[C@@H](C)C(=O)N1CC[NH2+]C(C)C. The molecule has 0 saturated carbocycles. The molecule has 0 unspecified atom stereocenters. The van der Waals surface area contributed by atoms with Crippen LogP contribution in [0, 0.1) is 0 Å². The maximum absolute atomic E-state index is 12.4. The van der Waals surface area contributed by atoms with Crippen molar-refractivity contribution in [2.75, 3.05) is 20.2 Å². The van der Waals surface area contributed by atoms with E-state index in [-0.39, 0.29) is 16.5 Å². The van der Waals surface area contributed by atoms with E-state index >= 15 is 0 Å². The quantitative estimate of drug-likeness (QED) is 0.869. The van der Waals surface area contributed by atoms with Crippen molar-refractivity contribution in [3.05, 3.63) is 29.8 Å². The maximum Gasteiger partial charge on any atom is 0.236 e. The van der Waals surface area contributed by atoms with Gasteiger partial charge in [-0.1, -0.05) is 18.2 Å². The third kappa shape index (κ3) is 3.71. The molecule has 1 amide bonds. The topological polar surface area (TPSA) is 46.1 Å². The minimum Gasteiger partial charge on any atom is -0.496 e. The number of quaternary nitrogens is 1. The molecule has 4 nitrogen and oxygen atoms in total. The van der Waals surface area contributed by atoms with Crippen molar-refractivity contribution in [1.29, 1.82) is 0 Å². The van der Waals surface area contributed by atoms with E-state index in [0.29, 0.717) is 6.04 Å². The fraction of sp³-hybridized carbons (Fsp3) is 0.562. The molecule has 1 aromatic carbocycles. The van der Waals surface area contributed by atoms with Gasteiger partial charge in [-0.2, -0.15) is 0 Å². The first kappa shape index (κ1) is 16.2. The van der Waals surface area contributed by atoms with Gasteiger partial charge in [0, 0.05) is 5.56 Å². The Morgan fingerprint density at radius 1 is 1.38 bits per heavy atom. The molecule has 1 saturated heterocycles. The van der Waals surface area contributed by atoms with Crippen LogP contribution in [-0.2, 0) is 4.79 Å². The van der Waals surface area contributed by atoms with E-state index in [0.717, 1.165) is 24.4 Å². The summed E-state index contributed by atoms with van der Waals surface area (Å²) in [4.78, 5) is 14.4. The summed E-state index contributed by atoms with van der Waals surface area (Å²) < 4.78 is 5.46. The normalized spacial score (nSPS) is 22.1. The molecule has 0 bridgehead atoms. The van der Waals surface area contributed by atoms with Crippen LogP contribution >= 0.6 is 11.8 Å². The molecule has 0 aliphatic carbocycles. The van der Waals surface area contributed by atoms with Gasteiger partial charge in [-0.25, -0.2) is 0 Å². The molecule has 116 valence electrons. The molecule has 2 atom stereocenters. The minimum atomic E-state index is 0.0129. The van der Waals surface area contributed by atoms with Crippen LogP contribution in [0.1, 0.15) is 31.7 Å². The summed E-state index contributed by atoms with van der Waals surface area (Å²) in [5, 5.41) is 2.34. The second-order valence-electron chi connectivity index (χ2n) is 5.67. The summed E-state index contributed by atoms with van der Waals surface area (Å²) >= 11 is 1.71.